The van der Waals surface area contributed by atoms with E-state index in [1.165, 1.54) is 11.1 Å². The fourth-order valence-corrected chi connectivity index (χ4v) is 8.62. The van der Waals surface area contributed by atoms with Gasteiger partial charge in [-0.3, -0.25) is 10.2 Å². The van der Waals surface area contributed by atoms with Crippen molar-refractivity contribution in [2.75, 3.05) is 51.3 Å². The van der Waals surface area contributed by atoms with Crippen LogP contribution in [0.3, 0.4) is 0 Å². The first-order chi connectivity index (χ1) is 27.9. The molecule has 2 aromatic heterocycles. The Morgan fingerprint density at radius 1 is 0.638 bits per heavy atom. The van der Waals surface area contributed by atoms with Gasteiger partial charge in [-0.05, 0) is 143 Å². The van der Waals surface area contributed by atoms with Gasteiger partial charge in [0.05, 0.1) is 56.7 Å². The number of likely N-dealkylation sites (tertiary alicyclic amines) is 1. The Hall–Kier alpha value is -2.73. The number of H-pyrrole nitrogens is 2. The molecule has 14 heteroatoms. The maximum atomic E-state index is 6.39. The van der Waals surface area contributed by atoms with Gasteiger partial charge in [0.15, 0.2) is 0 Å². The smallest absolute Gasteiger partial charge is 0.121 e. The minimum Gasteiger partial charge on any atom is -0.494 e. The second kappa shape index (κ2) is 24.5. The van der Waals surface area contributed by atoms with E-state index in [2.05, 4.69) is 58.7 Å². The zero-order valence-corrected chi connectivity index (χ0v) is 37.9. The predicted molar refractivity (Wildman–Crippen MR) is 249 cm³/mol. The number of aromatic nitrogens is 4. The van der Waals surface area contributed by atoms with E-state index >= 15 is 0 Å². The molecule has 3 N–H and O–H groups in total. The molecule has 0 amide bonds. The molecule has 312 valence electrons. The molecule has 0 radical (unpaired) electrons. The highest BCUT2D eigenvalue weighted by molar-refractivity contribution is 9.09. The lowest BCUT2D eigenvalue weighted by atomic mass is 9.89. The number of unbranched alkanes of at least 4 members (excludes halogenated alkanes) is 2. The number of fused-ring (bicyclic) bond motifs is 2. The summed E-state index contributed by atoms with van der Waals surface area (Å²) in [6.07, 6.45) is 12.6. The monoisotopic (exact) mass is 950 g/mol. The molecule has 0 bridgehead atoms. The molecule has 2 aliphatic rings. The van der Waals surface area contributed by atoms with E-state index in [4.69, 9.17) is 55.9 Å². The normalized spacial score (nSPS) is 14.9. The molecule has 8 rings (SSSR count). The average molecular weight is 954 g/mol. The lowest BCUT2D eigenvalue weighted by Gasteiger charge is -2.32. The van der Waals surface area contributed by atoms with Crippen LogP contribution in [0, 0.1) is 0 Å². The number of benzene rings is 4. The predicted octanol–water partition coefficient (Wildman–Crippen LogP) is 12.9. The topological polar surface area (TPSA) is 91.1 Å². The third-order valence-electron chi connectivity index (χ3n) is 10.5. The van der Waals surface area contributed by atoms with Crippen molar-refractivity contribution in [3.8, 4) is 11.5 Å². The van der Waals surface area contributed by atoms with Crippen LogP contribution in [0.1, 0.15) is 74.3 Å². The number of alkyl halides is 1. The Kier molecular flexibility index (Phi) is 19.6. The lowest BCUT2D eigenvalue weighted by molar-refractivity contribution is 0.202. The molecule has 0 aliphatic carbocycles. The van der Waals surface area contributed by atoms with Crippen LogP contribution in [-0.2, 0) is 0 Å². The number of piperidine rings is 2. The summed E-state index contributed by atoms with van der Waals surface area (Å²) in [6, 6.07) is 23.9. The molecular weight excluding hydrogens is 902 g/mol. The van der Waals surface area contributed by atoms with Crippen LogP contribution in [0.5, 0.6) is 11.5 Å². The van der Waals surface area contributed by atoms with Crippen molar-refractivity contribution in [1.82, 2.24) is 30.6 Å². The lowest BCUT2D eigenvalue weighted by Crippen LogP contribution is -2.33. The molecule has 4 aromatic carbocycles. The van der Waals surface area contributed by atoms with Crippen molar-refractivity contribution in [3.05, 3.63) is 116 Å². The van der Waals surface area contributed by atoms with E-state index in [9.17, 15) is 0 Å². The van der Waals surface area contributed by atoms with Gasteiger partial charge < -0.3 is 19.7 Å². The van der Waals surface area contributed by atoms with Crippen LogP contribution in [0.4, 0.5) is 0 Å². The fraction of sp³-hybridized carbons (Fsp3) is 0.409. The maximum absolute atomic E-state index is 6.39. The Morgan fingerprint density at radius 2 is 1.14 bits per heavy atom. The molecule has 2 fully saturated rings. The largest absolute Gasteiger partial charge is 0.494 e. The second-order valence-electron chi connectivity index (χ2n) is 14.5. The van der Waals surface area contributed by atoms with E-state index in [1.807, 2.05) is 73.1 Å². The van der Waals surface area contributed by atoms with Crippen LogP contribution < -0.4 is 14.8 Å². The molecule has 6 aromatic rings. The Labute approximate surface area is 376 Å². The van der Waals surface area contributed by atoms with Gasteiger partial charge in [0.2, 0.25) is 0 Å². The van der Waals surface area contributed by atoms with Crippen LogP contribution in [0.15, 0.2) is 85.2 Å². The Morgan fingerprint density at radius 3 is 1.66 bits per heavy atom. The third-order valence-corrected chi connectivity index (χ3v) is 12.8. The van der Waals surface area contributed by atoms with Crippen LogP contribution >= 0.6 is 74.7 Å². The first-order valence-corrected chi connectivity index (χ1v) is 22.5. The SMILES string of the molecule is BrCCCCOc1ccc2cn[nH]c2c1.Cl.Clc1cccc(C2CCN(CCCCOc3ccc4cn[nH]c4c3)CC2)c1Cl.Clc1cccc(C2CCNCC2)c1Cl. The standard InChI is InChI=1S/C22H25Cl2N3O.C11H13BrN2O.C11H13Cl2N.ClH/c23-20-5-3-4-19(22(20)24)16-8-11-27(12-9-16)10-1-2-13-28-18-7-6-17-15-25-26-21(17)14-18;12-5-1-2-6-15-10-4-3-9-8-13-14-11(9)7-10;12-10-3-1-2-9(11(10)13)8-4-6-14-7-5-8;/h3-7,14-16H,1-2,8-13H2,(H,25,26);3-4,7-8H,1-2,5-6H2,(H,13,14);1-3,8,14H,4-7H2;1H. The highest BCUT2D eigenvalue weighted by Gasteiger charge is 2.23. The molecule has 0 saturated carbocycles. The summed E-state index contributed by atoms with van der Waals surface area (Å²) < 4.78 is 11.5. The van der Waals surface area contributed by atoms with Crippen LogP contribution in [0.2, 0.25) is 20.1 Å². The minimum atomic E-state index is 0. The number of aromatic amines is 2. The fourth-order valence-electron chi connectivity index (χ4n) is 7.30. The quantitative estimate of drug-likeness (QED) is 0.0789. The summed E-state index contributed by atoms with van der Waals surface area (Å²) in [7, 11) is 0. The summed E-state index contributed by atoms with van der Waals surface area (Å²) in [5.74, 6) is 2.89. The van der Waals surface area contributed by atoms with Gasteiger partial charge in [-0.15, -0.1) is 12.4 Å². The van der Waals surface area contributed by atoms with E-state index in [0.717, 1.165) is 146 Å². The zero-order valence-electron chi connectivity index (χ0n) is 32.5. The first-order valence-electron chi connectivity index (χ1n) is 19.9. The highest BCUT2D eigenvalue weighted by atomic mass is 79.9. The van der Waals surface area contributed by atoms with Crippen molar-refractivity contribution >= 4 is 96.5 Å². The summed E-state index contributed by atoms with van der Waals surface area (Å²) in [6.45, 7) is 7.02. The second-order valence-corrected chi connectivity index (χ2v) is 16.8. The Balaban J connectivity index is 0.000000180. The van der Waals surface area contributed by atoms with Gasteiger partial charge in [-0.1, -0.05) is 86.6 Å². The van der Waals surface area contributed by atoms with Crippen molar-refractivity contribution in [2.24, 2.45) is 0 Å². The number of ether oxygens (including phenoxy) is 2. The van der Waals surface area contributed by atoms with E-state index in [1.54, 1.807) is 0 Å². The third kappa shape index (κ3) is 13.6. The Bertz CT molecular complexity index is 2120. The van der Waals surface area contributed by atoms with Crippen molar-refractivity contribution in [3.63, 3.8) is 0 Å². The molecule has 2 saturated heterocycles. The van der Waals surface area contributed by atoms with Crippen molar-refractivity contribution in [2.45, 2.75) is 63.2 Å². The molecular formula is C44H52BrCl5N6O2. The van der Waals surface area contributed by atoms with Gasteiger partial charge in [0.25, 0.3) is 0 Å². The van der Waals surface area contributed by atoms with Gasteiger partial charge in [0, 0.05) is 28.2 Å². The van der Waals surface area contributed by atoms with Gasteiger partial charge in [0.1, 0.15) is 11.5 Å². The number of nitrogens with one attached hydrogen (secondary N) is 3. The molecule has 2 aliphatic heterocycles. The van der Waals surface area contributed by atoms with Crippen LogP contribution in [-0.4, -0.2) is 76.6 Å². The summed E-state index contributed by atoms with van der Waals surface area (Å²) in [4.78, 5) is 2.55. The van der Waals surface area contributed by atoms with E-state index < -0.39 is 0 Å². The molecule has 0 atom stereocenters. The molecule has 0 spiro atoms. The van der Waals surface area contributed by atoms with Crippen LogP contribution in [0.25, 0.3) is 21.8 Å². The van der Waals surface area contributed by atoms with Crippen molar-refractivity contribution in [1.29, 1.82) is 0 Å². The number of rotatable bonds is 13. The van der Waals surface area contributed by atoms with E-state index in [-0.39, 0.29) is 12.4 Å². The molecule has 8 nitrogen and oxygen atoms in total. The van der Waals surface area contributed by atoms with Gasteiger partial charge in [-0.25, -0.2) is 0 Å². The number of hydrogen-bond acceptors (Lipinski definition) is 6. The average Bonchev–Trinajstić information content (AvgIpc) is 3.92. The van der Waals surface area contributed by atoms with E-state index in [0.29, 0.717) is 21.9 Å². The minimum absolute atomic E-state index is 0. The van der Waals surface area contributed by atoms with Crippen molar-refractivity contribution < 1.29 is 9.47 Å². The molecule has 58 heavy (non-hydrogen) atoms. The molecule has 4 heterocycles. The number of nitrogens with zero attached hydrogens (tertiary/aromatic N) is 3. The highest BCUT2D eigenvalue weighted by Crippen LogP contribution is 2.37. The maximum Gasteiger partial charge on any atom is 0.121 e. The van der Waals surface area contributed by atoms with Gasteiger partial charge in [-0.2, -0.15) is 10.2 Å². The summed E-state index contributed by atoms with van der Waals surface area (Å²) >= 11 is 28.1. The molecule has 0 unspecified atom stereocenters. The summed E-state index contributed by atoms with van der Waals surface area (Å²) in [5.41, 5.74) is 4.45. The number of halogens is 6. The van der Waals surface area contributed by atoms with Gasteiger partial charge >= 0.3 is 0 Å². The number of hydrogen-bond donors (Lipinski definition) is 3. The summed E-state index contributed by atoms with van der Waals surface area (Å²) in [5, 5.41) is 23.3. The zero-order chi connectivity index (χ0) is 39.8. The first kappa shape index (κ1) is 46.3.